The van der Waals surface area contributed by atoms with E-state index in [0.29, 0.717) is 0 Å². The van der Waals surface area contributed by atoms with Gasteiger partial charge in [0.25, 0.3) is 0 Å². The van der Waals surface area contributed by atoms with Gasteiger partial charge in [0.15, 0.2) is 0 Å². The van der Waals surface area contributed by atoms with E-state index in [0.717, 1.165) is 28.8 Å². The molecule has 0 unspecified atom stereocenters. The number of halogens is 1. The van der Waals surface area contributed by atoms with E-state index in [4.69, 9.17) is 4.52 Å². The van der Waals surface area contributed by atoms with Crippen molar-refractivity contribution in [2.75, 3.05) is 5.33 Å². The summed E-state index contributed by atoms with van der Waals surface area (Å²) in [7, 11) is 0. The Bertz CT molecular complexity index is 436. The van der Waals surface area contributed by atoms with Gasteiger partial charge in [-0.1, -0.05) is 51.4 Å². The molecule has 1 aromatic carbocycles. The molecule has 2 nitrogen and oxygen atoms in total. The van der Waals surface area contributed by atoms with E-state index in [-0.39, 0.29) is 0 Å². The predicted octanol–water partition coefficient (Wildman–Crippen LogP) is 3.59. The van der Waals surface area contributed by atoms with Crippen molar-refractivity contribution in [1.82, 2.24) is 5.16 Å². The van der Waals surface area contributed by atoms with Crippen molar-refractivity contribution in [3.05, 3.63) is 41.7 Å². The van der Waals surface area contributed by atoms with Crippen molar-refractivity contribution in [2.45, 2.75) is 13.3 Å². The summed E-state index contributed by atoms with van der Waals surface area (Å²) >= 11 is 3.44. The van der Waals surface area contributed by atoms with E-state index in [1.807, 2.05) is 25.1 Å². The molecule has 0 aliphatic carbocycles. The Balaban J connectivity index is 2.44. The molecule has 15 heavy (non-hydrogen) atoms. The van der Waals surface area contributed by atoms with Crippen LogP contribution in [0.3, 0.4) is 0 Å². The molecule has 0 bridgehead atoms. The molecule has 0 fully saturated rings. The Morgan fingerprint density at radius 1 is 1.27 bits per heavy atom. The quantitative estimate of drug-likeness (QED) is 0.793. The lowest BCUT2D eigenvalue weighted by atomic mass is 10.0. The molecule has 2 aromatic rings. The van der Waals surface area contributed by atoms with Gasteiger partial charge in [0.2, 0.25) is 0 Å². The van der Waals surface area contributed by atoms with Crippen LogP contribution in [0.2, 0.25) is 0 Å². The molecule has 0 aliphatic rings. The number of alkyl halides is 1. The van der Waals surface area contributed by atoms with Gasteiger partial charge >= 0.3 is 0 Å². The normalized spacial score (nSPS) is 10.5. The second-order valence-electron chi connectivity index (χ2n) is 3.37. The Labute approximate surface area is 97.4 Å². The van der Waals surface area contributed by atoms with Gasteiger partial charge < -0.3 is 4.52 Å². The second-order valence-corrected chi connectivity index (χ2v) is 4.16. The fourth-order valence-electron chi connectivity index (χ4n) is 1.60. The van der Waals surface area contributed by atoms with E-state index in [1.165, 1.54) is 5.56 Å². The molecule has 0 saturated carbocycles. The van der Waals surface area contributed by atoms with Gasteiger partial charge in [-0.25, -0.2) is 0 Å². The van der Waals surface area contributed by atoms with E-state index >= 15 is 0 Å². The van der Waals surface area contributed by atoms with Gasteiger partial charge in [-0.3, -0.25) is 0 Å². The predicted molar refractivity (Wildman–Crippen MR) is 64.2 cm³/mol. The van der Waals surface area contributed by atoms with Crippen LogP contribution in [0, 0.1) is 6.92 Å². The third kappa shape index (κ3) is 2.12. The van der Waals surface area contributed by atoms with Crippen LogP contribution in [0.4, 0.5) is 0 Å². The number of rotatable bonds is 3. The number of aromatic nitrogens is 1. The lowest BCUT2D eigenvalue weighted by Crippen LogP contribution is -1.90. The minimum Gasteiger partial charge on any atom is -0.361 e. The van der Waals surface area contributed by atoms with Gasteiger partial charge in [0, 0.05) is 16.5 Å². The van der Waals surface area contributed by atoms with Crippen LogP contribution in [-0.2, 0) is 6.42 Å². The Hall–Kier alpha value is -1.09. The van der Waals surface area contributed by atoms with Gasteiger partial charge in [0.1, 0.15) is 11.5 Å². The van der Waals surface area contributed by atoms with Crippen LogP contribution in [-0.4, -0.2) is 10.5 Å². The summed E-state index contributed by atoms with van der Waals surface area (Å²) in [5.74, 6) is 0.910. The Morgan fingerprint density at radius 2 is 2.00 bits per heavy atom. The lowest BCUT2D eigenvalue weighted by Gasteiger charge is -1.99. The Morgan fingerprint density at radius 3 is 2.67 bits per heavy atom. The molecule has 2 rings (SSSR count). The first-order valence-electron chi connectivity index (χ1n) is 4.89. The molecular weight excluding hydrogens is 254 g/mol. The van der Waals surface area contributed by atoms with E-state index in [1.54, 1.807) is 0 Å². The van der Waals surface area contributed by atoms with Crippen molar-refractivity contribution in [3.63, 3.8) is 0 Å². The maximum absolute atomic E-state index is 5.23. The first kappa shape index (κ1) is 10.4. The first-order chi connectivity index (χ1) is 7.33. The van der Waals surface area contributed by atoms with E-state index in [9.17, 15) is 0 Å². The highest BCUT2D eigenvalue weighted by molar-refractivity contribution is 9.09. The van der Waals surface area contributed by atoms with Crippen molar-refractivity contribution in [1.29, 1.82) is 0 Å². The molecule has 1 aromatic heterocycles. The monoisotopic (exact) mass is 265 g/mol. The number of benzene rings is 1. The van der Waals surface area contributed by atoms with Crippen LogP contribution in [0.25, 0.3) is 11.3 Å². The zero-order chi connectivity index (χ0) is 10.7. The minimum absolute atomic E-state index is 0.910. The number of hydrogen-bond donors (Lipinski definition) is 0. The number of aryl methyl sites for hydroxylation is 1. The minimum atomic E-state index is 0.910. The van der Waals surface area contributed by atoms with Crippen molar-refractivity contribution >= 4 is 15.9 Å². The zero-order valence-corrected chi connectivity index (χ0v) is 10.1. The number of nitrogens with zero attached hydrogens (tertiary/aromatic N) is 1. The highest BCUT2D eigenvalue weighted by Gasteiger charge is 2.13. The zero-order valence-electron chi connectivity index (χ0n) is 8.53. The highest BCUT2D eigenvalue weighted by atomic mass is 79.9. The number of hydrogen-bond acceptors (Lipinski definition) is 2. The second kappa shape index (κ2) is 4.62. The molecule has 78 valence electrons. The van der Waals surface area contributed by atoms with E-state index < -0.39 is 0 Å². The summed E-state index contributed by atoms with van der Waals surface area (Å²) < 4.78 is 5.23. The van der Waals surface area contributed by atoms with Crippen LogP contribution in [0.15, 0.2) is 34.9 Å². The average Bonchev–Trinajstić information content (AvgIpc) is 2.63. The molecule has 1 heterocycles. The van der Waals surface area contributed by atoms with Gasteiger partial charge in [-0.2, -0.15) is 0 Å². The SMILES string of the molecule is Cc1onc(-c2ccccc2)c1CCBr. The third-order valence-corrected chi connectivity index (χ3v) is 2.77. The molecule has 0 spiro atoms. The standard InChI is InChI=1S/C12H12BrNO/c1-9-11(7-8-13)12(14-15-9)10-5-3-2-4-6-10/h2-6H,7-8H2,1H3. The van der Waals surface area contributed by atoms with Crippen molar-refractivity contribution in [3.8, 4) is 11.3 Å². The van der Waals surface area contributed by atoms with E-state index in [2.05, 4.69) is 33.2 Å². The fraction of sp³-hybridized carbons (Fsp3) is 0.250. The molecule has 0 amide bonds. The first-order valence-corrected chi connectivity index (χ1v) is 6.01. The molecule has 0 saturated heterocycles. The largest absolute Gasteiger partial charge is 0.361 e. The lowest BCUT2D eigenvalue weighted by molar-refractivity contribution is 0.398. The molecule has 0 N–H and O–H groups in total. The third-order valence-electron chi connectivity index (χ3n) is 2.38. The summed E-state index contributed by atoms with van der Waals surface area (Å²) in [4.78, 5) is 0. The molecule has 3 heteroatoms. The smallest absolute Gasteiger partial charge is 0.137 e. The van der Waals surface area contributed by atoms with Crippen LogP contribution in [0.5, 0.6) is 0 Å². The summed E-state index contributed by atoms with van der Waals surface area (Å²) in [6.07, 6.45) is 0.944. The highest BCUT2D eigenvalue weighted by Crippen LogP contribution is 2.25. The van der Waals surface area contributed by atoms with Gasteiger partial charge in [-0.15, -0.1) is 0 Å². The average molecular weight is 266 g/mol. The Kier molecular flexibility index (Phi) is 3.21. The molecule has 0 atom stereocenters. The molecular formula is C12H12BrNO. The summed E-state index contributed by atoms with van der Waals surface area (Å²) in [5, 5.41) is 5.03. The summed E-state index contributed by atoms with van der Waals surface area (Å²) in [6, 6.07) is 10.1. The summed E-state index contributed by atoms with van der Waals surface area (Å²) in [6.45, 7) is 1.96. The van der Waals surface area contributed by atoms with Crippen LogP contribution >= 0.6 is 15.9 Å². The molecule has 0 radical (unpaired) electrons. The fourth-order valence-corrected chi connectivity index (χ4v) is 2.00. The maximum atomic E-state index is 5.23. The van der Waals surface area contributed by atoms with Gasteiger partial charge in [-0.05, 0) is 13.3 Å². The van der Waals surface area contributed by atoms with Crippen LogP contribution < -0.4 is 0 Å². The van der Waals surface area contributed by atoms with Crippen molar-refractivity contribution in [2.24, 2.45) is 0 Å². The topological polar surface area (TPSA) is 26.0 Å². The van der Waals surface area contributed by atoms with Gasteiger partial charge in [0.05, 0.1) is 0 Å². The molecule has 0 aliphatic heterocycles. The van der Waals surface area contributed by atoms with Crippen molar-refractivity contribution < 1.29 is 4.52 Å². The summed E-state index contributed by atoms with van der Waals surface area (Å²) in [5.41, 5.74) is 3.27. The maximum Gasteiger partial charge on any atom is 0.137 e. The van der Waals surface area contributed by atoms with Crippen LogP contribution in [0.1, 0.15) is 11.3 Å².